The van der Waals surface area contributed by atoms with Gasteiger partial charge in [0.05, 0.1) is 0 Å². The van der Waals surface area contributed by atoms with E-state index in [4.69, 9.17) is 0 Å². The molecule has 0 aromatic carbocycles. The number of allylic oxidation sites excluding steroid dienone is 4. The maximum absolute atomic E-state index is 3.48. The first kappa shape index (κ1) is 9.72. The molecule has 1 unspecified atom stereocenters. The number of hydrogen-bond acceptors (Lipinski definition) is 1. The Labute approximate surface area is 86.6 Å². The Kier molecular flexibility index (Phi) is 2.87. The van der Waals surface area contributed by atoms with Crippen molar-refractivity contribution in [3.63, 3.8) is 0 Å². The Morgan fingerprint density at radius 1 is 1.29 bits per heavy atom. The number of nitrogens with one attached hydrogen (secondary N) is 1. The van der Waals surface area contributed by atoms with Gasteiger partial charge >= 0.3 is 0 Å². The molecule has 1 heteroatoms. The third-order valence-electron chi connectivity index (χ3n) is 2.92. The number of hydrogen-bond donors (Lipinski definition) is 1. The van der Waals surface area contributed by atoms with E-state index in [0.29, 0.717) is 5.92 Å². The minimum atomic E-state index is 0.582. The highest BCUT2D eigenvalue weighted by atomic mass is 14.9. The van der Waals surface area contributed by atoms with Crippen LogP contribution in [-0.2, 0) is 0 Å². The molecule has 1 aliphatic carbocycles. The quantitative estimate of drug-likeness (QED) is 0.618. The van der Waals surface area contributed by atoms with Gasteiger partial charge in [-0.3, -0.25) is 0 Å². The van der Waals surface area contributed by atoms with Crippen LogP contribution in [0.1, 0.15) is 26.7 Å². The van der Waals surface area contributed by atoms with Crippen LogP contribution in [0.25, 0.3) is 0 Å². The average Bonchev–Trinajstić information content (AvgIpc) is 2.36. The molecular weight excluding hydrogens is 170 g/mol. The molecule has 1 N–H and O–H groups in total. The van der Waals surface area contributed by atoms with E-state index in [1.165, 1.54) is 24.0 Å². The Balaban J connectivity index is 2.32. The molecule has 0 aromatic rings. The van der Waals surface area contributed by atoms with Gasteiger partial charge in [0, 0.05) is 6.54 Å². The summed E-state index contributed by atoms with van der Waals surface area (Å²) in [7, 11) is 0. The van der Waals surface area contributed by atoms with Gasteiger partial charge in [0.2, 0.25) is 0 Å². The molecule has 0 spiro atoms. The Morgan fingerprint density at radius 2 is 2.14 bits per heavy atom. The first-order valence-electron chi connectivity index (χ1n) is 5.56. The molecule has 76 valence electrons. The van der Waals surface area contributed by atoms with Crippen molar-refractivity contribution < 1.29 is 0 Å². The van der Waals surface area contributed by atoms with Crippen molar-refractivity contribution >= 4 is 0 Å². The minimum Gasteiger partial charge on any atom is -0.313 e. The normalized spacial score (nSPS) is 27.9. The van der Waals surface area contributed by atoms with Gasteiger partial charge in [-0.2, -0.15) is 0 Å². The van der Waals surface area contributed by atoms with Gasteiger partial charge in [0.1, 0.15) is 0 Å². The fourth-order valence-corrected chi connectivity index (χ4v) is 2.33. The largest absolute Gasteiger partial charge is 0.313 e. The standard InChI is InChI=1S/C13H19N/c1-10-6-11(2)8-13-9-14-5-3-4-12(13)7-10/h6-8,11,14H,3-5,9H2,1-2H3. The lowest BCUT2D eigenvalue weighted by Gasteiger charge is -2.07. The van der Waals surface area contributed by atoms with Gasteiger partial charge in [-0.25, -0.2) is 0 Å². The topological polar surface area (TPSA) is 12.0 Å². The highest BCUT2D eigenvalue weighted by Crippen LogP contribution is 2.25. The van der Waals surface area contributed by atoms with Crippen LogP contribution in [0.15, 0.2) is 34.9 Å². The second-order valence-corrected chi connectivity index (χ2v) is 4.41. The predicted octanol–water partition coefficient (Wildman–Crippen LogP) is 2.82. The van der Waals surface area contributed by atoms with Gasteiger partial charge in [0.25, 0.3) is 0 Å². The molecule has 1 nitrogen and oxygen atoms in total. The van der Waals surface area contributed by atoms with E-state index >= 15 is 0 Å². The molecule has 0 saturated carbocycles. The summed E-state index contributed by atoms with van der Waals surface area (Å²) in [6, 6.07) is 0. The molecule has 1 saturated heterocycles. The lowest BCUT2D eigenvalue weighted by Crippen LogP contribution is -2.15. The van der Waals surface area contributed by atoms with E-state index in [2.05, 4.69) is 37.4 Å². The SMILES string of the molecule is CC1=CC(C)C=C2CNCCCC2=C1. The van der Waals surface area contributed by atoms with Crippen LogP contribution in [0.5, 0.6) is 0 Å². The van der Waals surface area contributed by atoms with E-state index < -0.39 is 0 Å². The first-order valence-corrected chi connectivity index (χ1v) is 5.56. The molecule has 14 heavy (non-hydrogen) atoms. The summed E-state index contributed by atoms with van der Waals surface area (Å²) in [6.45, 7) is 6.68. The van der Waals surface area contributed by atoms with Crippen molar-refractivity contribution in [3.8, 4) is 0 Å². The van der Waals surface area contributed by atoms with E-state index in [0.717, 1.165) is 13.1 Å². The van der Waals surface area contributed by atoms with Crippen molar-refractivity contribution in [1.82, 2.24) is 5.32 Å². The molecule has 2 rings (SSSR count). The number of rotatable bonds is 0. The fraction of sp³-hybridized carbons (Fsp3) is 0.538. The van der Waals surface area contributed by atoms with Crippen molar-refractivity contribution in [2.75, 3.05) is 13.1 Å². The maximum Gasteiger partial charge on any atom is 0.0205 e. The van der Waals surface area contributed by atoms with Crippen molar-refractivity contribution in [1.29, 1.82) is 0 Å². The van der Waals surface area contributed by atoms with E-state index in [9.17, 15) is 0 Å². The van der Waals surface area contributed by atoms with Crippen molar-refractivity contribution in [2.45, 2.75) is 26.7 Å². The third-order valence-corrected chi connectivity index (χ3v) is 2.92. The lowest BCUT2D eigenvalue weighted by atomic mass is 10.0. The smallest absolute Gasteiger partial charge is 0.0205 e. The molecule has 0 radical (unpaired) electrons. The molecule has 1 heterocycles. The first-order chi connectivity index (χ1) is 6.75. The molecule has 2 aliphatic rings. The lowest BCUT2D eigenvalue weighted by molar-refractivity contribution is 0.720. The summed E-state index contributed by atoms with van der Waals surface area (Å²) in [6.07, 6.45) is 9.61. The molecule has 0 amide bonds. The van der Waals surface area contributed by atoms with Gasteiger partial charge in [-0.15, -0.1) is 0 Å². The summed E-state index contributed by atoms with van der Waals surface area (Å²) in [5.74, 6) is 0.582. The highest BCUT2D eigenvalue weighted by Gasteiger charge is 2.12. The Hall–Kier alpha value is -0.820. The zero-order valence-electron chi connectivity index (χ0n) is 9.14. The van der Waals surface area contributed by atoms with Crippen LogP contribution in [0.3, 0.4) is 0 Å². The minimum absolute atomic E-state index is 0.582. The van der Waals surface area contributed by atoms with Gasteiger partial charge in [-0.1, -0.05) is 30.7 Å². The molecule has 0 bridgehead atoms. The van der Waals surface area contributed by atoms with Gasteiger partial charge in [0.15, 0.2) is 0 Å². The third kappa shape index (κ3) is 2.16. The van der Waals surface area contributed by atoms with E-state index in [-0.39, 0.29) is 0 Å². The fourth-order valence-electron chi connectivity index (χ4n) is 2.33. The van der Waals surface area contributed by atoms with E-state index in [1.54, 1.807) is 5.57 Å². The Morgan fingerprint density at radius 3 is 3.00 bits per heavy atom. The zero-order chi connectivity index (χ0) is 9.97. The molecule has 1 aliphatic heterocycles. The summed E-state index contributed by atoms with van der Waals surface area (Å²) in [4.78, 5) is 0. The molecule has 1 atom stereocenters. The summed E-state index contributed by atoms with van der Waals surface area (Å²) < 4.78 is 0. The second kappa shape index (κ2) is 4.14. The molecule has 1 fully saturated rings. The summed E-state index contributed by atoms with van der Waals surface area (Å²) in [5.41, 5.74) is 4.48. The summed E-state index contributed by atoms with van der Waals surface area (Å²) >= 11 is 0. The Bertz CT molecular complexity index is 307. The average molecular weight is 189 g/mol. The van der Waals surface area contributed by atoms with Gasteiger partial charge < -0.3 is 5.32 Å². The van der Waals surface area contributed by atoms with Crippen LogP contribution in [0.4, 0.5) is 0 Å². The molecule has 0 aromatic heterocycles. The monoisotopic (exact) mass is 189 g/mol. The van der Waals surface area contributed by atoms with Crippen LogP contribution in [0.2, 0.25) is 0 Å². The molecular formula is C13H19N. The maximum atomic E-state index is 3.48. The van der Waals surface area contributed by atoms with Crippen LogP contribution in [-0.4, -0.2) is 13.1 Å². The zero-order valence-corrected chi connectivity index (χ0v) is 9.14. The van der Waals surface area contributed by atoms with Crippen LogP contribution in [0, 0.1) is 5.92 Å². The van der Waals surface area contributed by atoms with Crippen LogP contribution < -0.4 is 5.32 Å². The summed E-state index contributed by atoms with van der Waals surface area (Å²) in [5, 5.41) is 3.48. The number of fused-ring (bicyclic) bond motifs is 1. The van der Waals surface area contributed by atoms with Crippen molar-refractivity contribution in [2.24, 2.45) is 5.92 Å². The predicted molar refractivity (Wildman–Crippen MR) is 61.2 cm³/mol. The van der Waals surface area contributed by atoms with Gasteiger partial charge in [-0.05, 0) is 43.4 Å². The van der Waals surface area contributed by atoms with Crippen LogP contribution >= 0.6 is 0 Å². The second-order valence-electron chi connectivity index (χ2n) is 4.41. The van der Waals surface area contributed by atoms with Crippen molar-refractivity contribution in [3.05, 3.63) is 34.9 Å². The van der Waals surface area contributed by atoms with E-state index in [1.807, 2.05) is 0 Å². The highest BCUT2D eigenvalue weighted by molar-refractivity contribution is 5.41.